The van der Waals surface area contributed by atoms with Crippen LogP contribution in [0.4, 0.5) is 0 Å². The quantitative estimate of drug-likeness (QED) is 0.461. The molecule has 1 aliphatic carbocycles. The van der Waals surface area contributed by atoms with Crippen LogP contribution >= 0.6 is 0 Å². The van der Waals surface area contributed by atoms with Crippen LogP contribution < -0.4 is 16.0 Å². The maximum absolute atomic E-state index is 13.9. The van der Waals surface area contributed by atoms with Gasteiger partial charge in [-0.3, -0.25) is 19.3 Å². The minimum atomic E-state index is -0.709. The number of likely N-dealkylation sites (N-methyl/N-ethyl adjacent to an activating group) is 1. The van der Waals surface area contributed by atoms with Gasteiger partial charge >= 0.3 is 0 Å². The minimum Gasteiger partial charge on any atom is -0.347 e. The molecule has 1 unspecified atom stereocenters. The van der Waals surface area contributed by atoms with Crippen molar-refractivity contribution in [1.82, 2.24) is 25.8 Å². The highest BCUT2D eigenvalue weighted by atomic mass is 16.2. The van der Waals surface area contributed by atoms with Crippen molar-refractivity contribution in [3.05, 3.63) is 71.3 Å². The fourth-order valence-corrected chi connectivity index (χ4v) is 5.59. The first kappa shape index (κ1) is 28.8. The molecule has 1 saturated heterocycles. The number of hydrogen-bond acceptors (Lipinski definition) is 5. The second-order valence-corrected chi connectivity index (χ2v) is 11.2. The SMILES string of the molecule is CN[C@@H](C)C(=O)N[C@H](C(=O)N1CCN(Cc2ccccc2)C[C@H]1C(=O)NC1CCCc2ccccc21)C(C)C. The smallest absolute Gasteiger partial charge is 0.246 e. The van der Waals surface area contributed by atoms with Gasteiger partial charge in [0.15, 0.2) is 0 Å². The zero-order valence-electron chi connectivity index (χ0n) is 23.7. The third-order valence-electron chi connectivity index (χ3n) is 8.04. The number of aryl methyl sites for hydroxylation is 1. The van der Waals surface area contributed by atoms with E-state index in [2.05, 4.69) is 45.1 Å². The van der Waals surface area contributed by atoms with Crippen LogP contribution in [0.2, 0.25) is 0 Å². The predicted octanol–water partition coefficient (Wildman–Crippen LogP) is 2.64. The van der Waals surface area contributed by atoms with Crippen molar-refractivity contribution in [1.29, 1.82) is 0 Å². The molecule has 3 amide bonds. The summed E-state index contributed by atoms with van der Waals surface area (Å²) in [6, 6.07) is 16.6. The molecule has 210 valence electrons. The number of carbonyl (C=O) groups is 3. The van der Waals surface area contributed by atoms with Gasteiger partial charge in [0.1, 0.15) is 12.1 Å². The molecule has 1 fully saturated rings. The van der Waals surface area contributed by atoms with Crippen molar-refractivity contribution >= 4 is 17.7 Å². The van der Waals surface area contributed by atoms with Gasteiger partial charge in [0.2, 0.25) is 17.7 Å². The molecule has 2 aromatic carbocycles. The van der Waals surface area contributed by atoms with Crippen LogP contribution in [0.3, 0.4) is 0 Å². The summed E-state index contributed by atoms with van der Waals surface area (Å²) in [4.78, 5) is 44.5. The second kappa shape index (κ2) is 13.2. The molecular weight excluding hydrogens is 490 g/mol. The summed E-state index contributed by atoms with van der Waals surface area (Å²) in [7, 11) is 1.71. The van der Waals surface area contributed by atoms with Crippen LogP contribution in [0.1, 0.15) is 56.3 Å². The Morgan fingerprint density at radius 1 is 0.974 bits per heavy atom. The van der Waals surface area contributed by atoms with Crippen LogP contribution in [-0.4, -0.2) is 72.3 Å². The van der Waals surface area contributed by atoms with E-state index in [0.717, 1.165) is 19.3 Å². The lowest BCUT2D eigenvalue weighted by molar-refractivity contribution is -0.148. The van der Waals surface area contributed by atoms with Crippen LogP contribution in [-0.2, 0) is 27.3 Å². The highest BCUT2D eigenvalue weighted by Crippen LogP contribution is 2.30. The molecule has 0 bridgehead atoms. The Morgan fingerprint density at radius 3 is 2.41 bits per heavy atom. The van der Waals surface area contributed by atoms with E-state index >= 15 is 0 Å². The Balaban J connectivity index is 1.56. The maximum atomic E-state index is 13.9. The third-order valence-corrected chi connectivity index (χ3v) is 8.04. The van der Waals surface area contributed by atoms with Crippen LogP contribution in [0.15, 0.2) is 54.6 Å². The lowest BCUT2D eigenvalue weighted by Crippen LogP contribution is -2.64. The van der Waals surface area contributed by atoms with Crippen LogP contribution in [0, 0.1) is 5.92 Å². The number of hydrogen-bond donors (Lipinski definition) is 3. The zero-order chi connectivity index (χ0) is 27.9. The number of nitrogens with zero attached hydrogens (tertiary/aromatic N) is 2. The highest BCUT2D eigenvalue weighted by molar-refractivity contribution is 5.93. The normalized spacial score (nSPS) is 21.1. The lowest BCUT2D eigenvalue weighted by Gasteiger charge is -2.43. The fourth-order valence-electron chi connectivity index (χ4n) is 5.59. The average molecular weight is 534 g/mol. The van der Waals surface area contributed by atoms with Gasteiger partial charge in [-0.05, 0) is 55.8 Å². The zero-order valence-corrected chi connectivity index (χ0v) is 23.7. The van der Waals surface area contributed by atoms with E-state index in [9.17, 15) is 14.4 Å². The van der Waals surface area contributed by atoms with E-state index in [-0.39, 0.29) is 29.7 Å². The summed E-state index contributed by atoms with van der Waals surface area (Å²) in [6.45, 7) is 7.83. The molecule has 0 aromatic heterocycles. The summed E-state index contributed by atoms with van der Waals surface area (Å²) in [6.07, 6.45) is 2.91. The van der Waals surface area contributed by atoms with Crippen molar-refractivity contribution in [2.75, 3.05) is 26.7 Å². The molecule has 0 spiro atoms. The molecule has 2 aliphatic rings. The van der Waals surface area contributed by atoms with E-state index < -0.39 is 18.1 Å². The topological polar surface area (TPSA) is 93.8 Å². The van der Waals surface area contributed by atoms with E-state index in [1.807, 2.05) is 44.2 Å². The number of rotatable bonds is 9. The first-order valence-corrected chi connectivity index (χ1v) is 14.2. The third kappa shape index (κ3) is 7.05. The van der Waals surface area contributed by atoms with Crippen molar-refractivity contribution in [2.24, 2.45) is 5.92 Å². The molecule has 4 atom stereocenters. The van der Waals surface area contributed by atoms with Gasteiger partial charge in [0.05, 0.1) is 12.1 Å². The number of amides is 3. The first-order chi connectivity index (χ1) is 18.8. The van der Waals surface area contributed by atoms with E-state index in [1.165, 1.54) is 16.7 Å². The first-order valence-electron chi connectivity index (χ1n) is 14.2. The minimum absolute atomic E-state index is 0.0685. The Labute approximate surface area is 232 Å². The van der Waals surface area contributed by atoms with E-state index in [0.29, 0.717) is 26.2 Å². The number of nitrogens with one attached hydrogen (secondary N) is 3. The van der Waals surface area contributed by atoms with Gasteiger partial charge in [-0.25, -0.2) is 0 Å². The van der Waals surface area contributed by atoms with Gasteiger partial charge in [0.25, 0.3) is 0 Å². The van der Waals surface area contributed by atoms with Gasteiger partial charge in [0, 0.05) is 26.2 Å². The van der Waals surface area contributed by atoms with Gasteiger partial charge in [-0.1, -0.05) is 68.4 Å². The molecule has 0 saturated carbocycles. The maximum Gasteiger partial charge on any atom is 0.246 e. The Bertz CT molecular complexity index is 1140. The van der Waals surface area contributed by atoms with Gasteiger partial charge < -0.3 is 20.9 Å². The molecule has 1 heterocycles. The molecule has 4 rings (SSSR count). The number of fused-ring (bicyclic) bond motifs is 1. The summed E-state index contributed by atoms with van der Waals surface area (Å²) in [5, 5.41) is 9.15. The second-order valence-electron chi connectivity index (χ2n) is 11.2. The fraction of sp³-hybridized carbons (Fsp3) is 0.516. The summed E-state index contributed by atoms with van der Waals surface area (Å²) in [5.74, 6) is -0.695. The monoisotopic (exact) mass is 533 g/mol. The molecular formula is C31H43N5O3. The summed E-state index contributed by atoms with van der Waals surface area (Å²) < 4.78 is 0. The summed E-state index contributed by atoms with van der Waals surface area (Å²) >= 11 is 0. The van der Waals surface area contributed by atoms with Crippen molar-refractivity contribution in [3.8, 4) is 0 Å². The molecule has 39 heavy (non-hydrogen) atoms. The standard InChI is InChI=1S/C31H43N5O3/c1-21(2)28(34-29(37)22(3)32-4)31(39)36-18-17-35(19-23-11-6-5-7-12-23)20-27(36)30(38)33-26-16-10-14-24-13-8-9-15-25(24)26/h5-9,11-13,15,21-22,26-28,32H,10,14,16-20H2,1-4H3,(H,33,38)(H,34,37)/t22-,26?,27-,28-/m0/s1. The van der Waals surface area contributed by atoms with E-state index in [4.69, 9.17) is 0 Å². The molecule has 8 nitrogen and oxygen atoms in total. The van der Waals surface area contributed by atoms with Crippen molar-refractivity contribution in [3.63, 3.8) is 0 Å². The van der Waals surface area contributed by atoms with Gasteiger partial charge in [-0.15, -0.1) is 0 Å². The number of piperazine rings is 1. The molecule has 8 heteroatoms. The Hall–Kier alpha value is -3.23. The van der Waals surface area contributed by atoms with Gasteiger partial charge in [-0.2, -0.15) is 0 Å². The van der Waals surface area contributed by atoms with E-state index in [1.54, 1.807) is 18.9 Å². The van der Waals surface area contributed by atoms with Crippen LogP contribution in [0.25, 0.3) is 0 Å². The number of benzene rings is 2. The average Bonchev–Trinajstić information content (AvgIpc) is 2.95. The summed E-state index contributed by atoms with van der Waals surface area (Å²) in [5.41, 5.74) is 3.61. The molecule has 2 aromatic rings. The lowest BCUT2D eigenvalue weighted by atomic mass is 9.87. The van der Waals surface area contributed by atoms with Crippen LogP contribution in [0.5, 0.6) is 0 Å². The Kier molecular flexibility index (Phi) is 9.75. The largest absolute Gasteiger partial charge is 0.347 e. The molecule has 1 aliphatic heterocycles. The van der Waals surface area contributed by atoms with Crippen molar-refractivity contribution in [2.45, 2.75) is 70.7 Å². The Morgan fingerprint density at radius 2 is 1.69 bits per heavy atom. The number of carbonyl (C=O) groups excluding carboxylic acids is 3. The highest BCUT2D eigenvalue weighted by Gasteiger charge is 2.40. The molecule has 0 radical (unpaired) electrons. The predicted molar refractivity (Wildman–Crippen MR) is 153 cm³/mol. The molecule has 3 N–H and O–H groups in total. The van der Waals surface area contributed by atoms with Crippen molar-refractivity contribution < 1.29 is 14.4 Å².